The first-order chi connectivity index (χ1) is 13.5. The minimum atomic E-state index is -0.301. The summed E-state index contributed by atoms with van der Waals surface area (Å²) >= 11 is 0. The third-order valence-electron chi connectivity index (χ3n) is 4.65. The average molecular weight is 371 g/mol. The normalized spacial score (nSPS) is 10.8. The number of furan rings is 1. The average Bonchev–Trinajstić information content (AvgIpc) is 3.29. The lowest BCUT2D eigenvalue weighted by Crippen LogP contribution is -2.19. The van der Waals surface area contributed by atoms with Gasteiger partial charge in [-0.3, -0.25) is 4.68 Å². The number of amides is 2. The summed E-state index contributed by atoms with van der Waals surface area (Å²) in [6.45, 7) is 3.98. The summed E-state index contributed by atoms with van der Waals surface area (Å²) in [6.07, 6.45) is 3.46. The van der Waals surface area contributed by atoms with E-state index in [4.69, 9.17) is 4.42 Å². The van der Waals surface area contributed by atoms with Crippen molar-refractivity contribution in [1.29, 1.82) is 0 Å². The quantitative estimate of drug-likeness (QED) is 0.529. The van der Waals surface area contributed by atoms with Crippen molar-refractivity contribution in [1.82, 2.24) is 9.78 Å². The van der Waals surface area contributed by atoms with Crippen molar-refractivity contribution >= 4 is 41.1 Å². The summed E-state index contributed by atoms with van der Waals surface area (Å²) in [4.78, 5) is 12.5. The first-order valence-electron chi connectivity index (χ1n) is 9.03. The van der Waals surface area contributed by atoms with Crippen molar-refractivity contribution in [2.45, 2.75) is 13.7 Å². The highest BCUT2D eigenvalue weighted by Gasteiger charge is 2.17. The first kappa shape index (κ1) is 17.9. The van der Waals surface area contributed by atoms with Gasteiger partial charge in [0.05, 0.1) is 12.0 Å². The Morgan fingerprint density at radius 1 is 1.11 bits per heavy atom. The molecule has 0 aliphatic carbocycles. The van der Waals surface area contributed by atoms with Gasteiger partial charge in [-0.25, -0.2) is 4.79 Å². The highest BCUT2D eigenvalue weighted by molar-refractivity contribution is 6.54. The number of anilines is 2. The van der Waals surface area contributed by atoms with Crippen LogP contribution in [0.25, 0.3) is 22.2 Å². The van der Waals surface area contributed by atoms with E-state index in [1.165, 1.54) is 0 Å². The number of carbonyl (C=O) groups excluding carboxylic acids is 1. The molecule has 139 valence electrons. The van der Waals surface area contributed by atoms with Gasteiger partial charge in [-0.15, -0.1) is 0 Å². The van der Waals surface area contributed by atoms with Crippen molar-refractivity contribution in [2.24, 2.45) is 7.05 Å². The number of carbonyl (C=O) groups is 1. The second-order valence-electron chi connectivity index (χ2n) is 6.67. The lowest BCUT2D eigenvalue weighted by molar-refractivity contribution is 0.262. The zero-order valence-electron chi connectivity index (χ0n) is 16.0. The number of aromatic nitrogens is 2. The van der Waals surface area contributed by atoms with Gasteiger partial charge >= 0.3 is 6.03 Å². The first-order valence-corrected chi connectivity index (χ1v) is 9.03. The molecule has 4 rings (SSSR count). The second-order valence-corrected chi connectivity index (χ2v) is 6.67. The van der Waals surface area contributed by atoms with Gasteiger partial charge in [0, 0.05) is 35.6 Å². The number of benzene rings is 2. The van der Waals surface area contributed by atoms with E-state index in [1.807, 2.05) is 81.4 Å². The Bertz CT molecular complexity index is 1150. The van der Waals surface area contributed by atoms with Crippen molar-refractivity contribution in [3.63, 3.8) is 0 Å². The number of rotatable bonds is 4. The number of hydrogen-bond donors (Lipinski definition) is 2. The van der Waals surface area contributed by atoms with E-state index < -0.39 is 0 Å². The second kappa shape index (κ2) is 7.27. The van der Waals surface area contributed by atoms with E-state index in [-0.39, 0.29) is 6.03 Å². The standard InChI is InChI=1S/C21H20BN4O2/c1-13-4-6-15(7-5-13)24-21(27)25-16-10-14-8-9-28-20(14)17(11-16)19-18(22-2)12-23-26(19)3/h4-12H,1-3H3,(H2,24,25,27). The third-order valence-corrected chi connectivity index (χ3v) is 4.65. The van der Waals surface area contributed by atoms with Crippen LogP contribution < -0.4 is 16.1 Å². The van der Waals surface area contributed by atoms with Gasteiger partial charge in [0.2, 0.25) is 0 Å². The molecule has 2 N–H and O–H groups in total. The molecule has 2 amide bonds. The minimum absolute atomic E-state index is 0.301. The highest BCUT2D eigenvalue weighted by atomic mass is 16.3. The lowest BCUT2D eigenvalue weighted by Gasteiger charge is -2.11. The molecule has 28 heavy (non-hydrogen) atoms. The molecule has 0 unspecified atom stereocenters. The molecule has 0 bridgehead atoms. The maximum atomic E-state index is 12.5. The van der Waals surface area contributed by atoms with Crippen LogP contribution in [-0.2, 0) is 7.05 Å². The number of nitrogens with zero attached hydrogens (tertiary/aromatic N) is 2. The molecule has 2 aromatic carbocycles. The molecule has 7 heteroatoms. The number of aryl methyl sites for hydroxylation is 2. The summed E-state index contributed by atoms with van der Waals surface area (Å²) in [5, 5.41) is 11.0. The zero-order valence-corrected chi connectivity index (χ0v) is 16.0. The monoisotopic (exact) mass is 371 g/mol. The van der Waals surface area contributed by atoms with Crippen LogP contribution in [0.3, 0.4) is 0 Å². The maximum absolute atomic E-state index is 12.5. The summed E-state index contributed by atoms with van der Waals surface area (Å²) in [5.74, 6) is 0. The zero-order chi connectivity index (χ0) is 19.7. The fourth-order valence-electron chi connectivity index (χ4n) is 3.26. The van der Waals surface area contributed by atoms with Crippen LogP contribution in [-0.4, -0.2) is 23.1 Å². The Balaban J connectivity index is 1.67. The van der Waals surface area contributed by atoms with Gasteiger partial charge in [-0.05, 0) is 42.7 Å². The van der Waals surface area contributed by atoms with Crippen molar-refractivity contribution in [3.05, 3.63) is 60.5 Å². The van der Waals surface area contributed by atoms with Gasteiger partial charge < -0.3 is 15.1 Å². The van der Waals surface area contributed by atoms with Crippen molar-refractivity contribution < 1.29 is 9.21 Å². The van der Waals surface area contributed by atoms with E-state index in [0.717, 1.165) is 38.9 Å². The van der Waals surface area contributed by atoms with Gasteiger partial charge in [-0.1, -0.05) is 24.5 Å². The highest BCUT2D eigenvalue weighted by Crippen LogP contribution is 2.32. The molecule has 4 aromatic rings. The molecule has 2 aromatic heterocycles. The summed E-state index contributed by atoms with van der Waals surface area (Å²) in [6, 6.07) is 13.0. The molecule has 0 spiro atoms. The van der Waals surface area contributed by atoms with E-state index in [2.05, 4.69) is 15.7 Å². The molecular weight excluding hydrogens is 351 g/mol. The third kappa shape index (κ3) is 3.39. The van der Waals surface area contributed by atoms with Crippen LogP contribution in [0.1, 0.15) is 5.56 Å². The van der Waals surface area contributed by atoms with E-state index in [9.17, 15) is 4.79 Å². The van der Waals surface area contributed by atoms with E-state index in [1.54, 1.807) is 6.26 Å². The molecule has 6 nitrogen and oxygen atoms in total. The number of hydrogen-bond acceptors (Lipinski definition) is 3. The number of urea groups is 1. The topological polar surface area (TPSA) is 72.1 Å². The smallest absolute Gasteiger partial charge is 0.323 e. The fraction of sp³-hybridized carbons (Fsp3) is 0.143. The van der Waals surface area contributed by atoms with Crippen molar-refractivity contribution in [2.75, 3.05) is 10.6 Å². The summed E-state index contributed by atoms with van der Waals surface area (Å²) < 4.78 is 7.52. The number of nitrogens with one attached hydrogen (secondary N) is 2. The maximum Gasteiger partial charge on any atom is 0.323 e. The van der Waals surface area contributed by atoms with Crippen LogP contribution in [0.4, 0.5) is 16.2 Å². The molecule has 0 aliphatic rings. The fourth-order valence-corrected chi connectivity index (χ4v) is 3.26. The molecule has 0 saturated carbocycles. The van der Waals surface area contributed by atoms with Crippen LogP contribution >= 0.6 is 0 Å². The van der Waals surface area contributed by atoms with Crippen LogP contribution in [0.2, 0.25) is 6.82 Å². The van der Waals surface area contributed by atoms with Crippen LogP contribution in [0, 0.1) is 6.92 Å². The van der Waals surface area contributed by atoms with Crippen LogP contribution in [0.15, 0.2) is 59.3 Å². The predicted octanol–water partition coefficient (Wildman–Crippen LogP) is 4.16. The number of fused-ring (bicyclic) bond motifs is 1. The molecule has 0 atom stereocenters. The molecular formula is C21H20BN4O2. The lowest BCUT2D eigenvalue weighted by atomic mass is 9.72. The van der Waals surface area contributed by atoms with E-state index >= 15 is 0 Å². The van der Waals surface area contributed by atoms with Gasteiger partial charge in [0.25, 0.3) is 0 Å². The molecule has 0 saturated heterocycles. The summed E-state index contributed by atoms with van der Waals surface area (Å²) in [7, 11) is 3.89. The Hall–Kier alpha value is -3.48. The Kier molecular flexibility index (Phi) is 4.65. The van der Waals surface area contributed by atoms with Crippen LogP contribution in [0.5, 0.6) is 0 Å². The molecule has 0 aliphatic heterocycles. The Morgan fingerprint density at radius 3 is 2.61 bits per heavy atom. The Morgan fingerprint density at radius 2 is 1.86 bits per heavy atom. The largest absolute Gasteiger partial charge is 0.464 e. The summed E-state index contributed by atoms with van der Waals surface area (Å²) in [5.41, 5.74) is 6.13. The Labute approximate surface area is 163 Å². The van der Waals surface area contributed by atoms with E-state index in [0.29, 0.717) is 5.69 Å². The van der Waals surface area contributed by atoms with Crippen molar-refractivity contribution in [3.8, 4) is 11.3 Å². The van der Waals surface area contributed by atoms with Gasteiger partial charge in [0.15, 0.2) is 7.28 Å². The molecule has 0 fully saturated rings. The van der Waals surface area contributed by atoms with Gasteiger partial charge in [0.1, 0.15) is 5.58 Å². The predicted molar refractivity (Wildman–Crippen MR) is 113 cm³/mol. The SMILES string of the molecule is C[B]c1cnn(C)c1-c1cc(NC(=O)Nc2ccc(C)cc2)cc2ccoc12. The molecule has 2 heterocycles. The molecule has 1 radical (unpaired) electrons. The minimum Gasteiger partial charge on any atom is -0.464 e. The van der Waals surface area contributed by atoms with Gasteiger partial charge in [-0.2, -0.15) is 5.10 Å².